The Morgan fingerprint density at radius 1 is 1.14 bits per heavy atom. The molecule has 0 amide bonds. The van der Waals surface area contributed by atoms with Crippen LogP contribution in [0.2, 0.25) is 0 Å². The molecule has 1 aliphatic heterocycles. The second-order valence-electron chi connectivity index (χ2n) is 5.96. The highest BCUT2D eigenvalue weighted by Gasteiger charge is 2.44. The maximum Gasteiger partial charge on any atom is 0.232 e. The molecule has 21 heavy (non-hydrogen) atoms. The van der Waals surface area contributed by atoms with Gasteiger partial charge in [0.1, 0.15) is 11.5 Å². The highest BCUT2D eigenvalue weighted by atomic mass is 16.5. The lowest BCUT2D eigenvalue weighted by Crippen LogP contribution is -2.36. The molecule has 1 saturated carbocycles. The minimum atomic E-state index is 0.0903. The van der Waals surface area contributed by atoms with Crippen LogP contribution in [0.15, 0.2) is 22.7 Å². The lowest BCUT2D eigenvalue weighted by atomic mass is 10.1. The van der Waals surface area contributed by atoms with Crippen LogP contribution in [0.1, 0.15) is 25.7 Å². The van der Waals surface area contributed by atoms with Gasteiger partial charge in [0.25, 0.3) is 0 Å². The molecule has 4 rings (SSSR count). The normalized spacial score (nSPS) is 20.5. The molecule has 110 valence electrons. The molecular weight excluding hydrogens is 268 g/mol. The number of hydrogen-bond donors (Lipinski definition) is 0. The molecule has 1 aliphatic carbocycles. The van der Waals surface area contributed by atoms with Crippen LogP contribution < -0.4 is 4.90 Å². The van der Waals surface area contributed by atoms with E-state index in [1.54, 1.807) is 0 Å². The summed E-state index contributed by atoms with van der Waals surface area (Å²) in [4.78, 5) is 11.4. The van der Waals surface area contributed by atoms with Crippen LogP contribution in [0.25, 0.3) is 11.5 Å². The number of morpholine rings is 1. The molecule has 0 radical (unpaired) electrons. The second kappa shape index (κ2) is 4.80. The van der Waals surface area contributed by atoms with Crippen molar-refractivity contribution in [2.45, 2.75) is 25.2 Å². The molecule has 2 aromatic heterocycles. The van der Waals surface area contributed by atoms with E-state index in [1.165, 1.54) is 0 Å². The van der Waals surface area contributed by atoms with E-state index in [0.717, 1.165) is 56.5 Å². The monoisotopic (exact) mass is 286 g/mol. The average molecular weight is 286 g/mol. The zero-order valence-electron chi connectivity index (χ0n) is 12.1. The number of ether oxygens (including phenoxy) is 1. The summed E-state index contributed by atoms with van der Waals surface area (Å²) in [6.07, 6.45) is 2.24. The predicted octanol–water partition coefficient (Wildman–Crippen LogP) is 2.02. The van der Waals surface area contributed by atoms with E-state index in [9.17, 15) is 0 Å². The Bertz CT molecular complexity index is 645. The van der Waals surface area contributed by atoms with Crippen LogP contribution in [-0.4, -0.2) is 41.4 Å². The third kappa shape index (κ3) is 2.40. The van der Waals surface area contributed by atoms with E-state index in [0.29, 0.717) is 5.82 Å². The Labute approximate surface area is 123 Å². The number of aromatic nitrogens is 3. The summed E-state index contributed by atoms with van der Waals surface area (Å²) in [5.74, 6) is 2.25. The van der Waals surface area contributed by atoms with E-state index in [-0.39, 0.29) is 5.41 Å². The quantitative estimate of drug-likeness (QED) is 0.860. The van der Waals surface area contributed by atoms with E-state index >= 15 is 0 Å². The Balaban J connectivity index is 1.61. The number of rotatable bonds is 3. The smallest absolute Gasteiger partial charge is 0.232 e. The number of nitrogens with zero attached hydrogens (tertiary/aromatic N) is 4. The molecule has 2 aliphatic rings. The molecule has 0 bridgehead atoms. The maximum atomic E-state index is 5.40. The highest BCUT2D eigenvalue weighted by Crippen LogP contribution is 2.46. The molecule has 2 aromatic rings. The van der Waals surface area contributed by atoms with Crippen molar-refractivity contribution in [1.29, 1.82) is 0 Å². The lowest BCUT2D eigenvalue weighted by molar-refractivity contribution is 0.122. The van der Waals surface area contributed by atoms with E-state index in [4.69, 9.17) is 9.26 Å². The molecule has 0 atom stereocenters. The topological polar surface area (TPSA) is 64.3 Å². The molecule has 2 fully saturated rings. The van der Waals surface area contributed by atoms with Crippen molar-refractivity contribution >= 4 is 5.82 Å². The first-order chi connectivity index (χ1) is 10.2. The van der Waals surface area contributed by atoms with Gasteiger partial charge in [-0.15, -0.1) is 0 Å². The van der Waals surface area contributed by atoms with Crippen LogP contribution in [0.3, 0.4) is 0 Å². The van der Waals surface area contributed by atoms with E-state index in [2.05, 4.69) is 26.9 Å². The molecule has 0 spiro atoms. The van der Waals surface area contributed by atoms with Crippen LogP contribution in [0.5, 0.6) is 0 Å². The Hall–Kier alpha value is -1.95. The molecule has 6 nitrogen and oxygen atoms in total. The highest BCUT2D eigenvalue weighted by molar-refractivity contribution is 5.53. The summed E-state index contributed by atoms with van der Waals surface area (Å²) in [6.45, 7) is 5.38. The van der Waals surface area contributed by atoms with Gasteiger partial charge >= 0.3 is 0 Å². The van der Waals surface area contributed by atoms with E-state index < -0.39 is 0 Å². The van der Waals surface area contributed by atoms with Crippen molar-refractivity contribution in [3.05, 3.63) is 24.1 Å². The van der Waals surface area contributed by atoms with Gasteiger partial charge in [0, 0.05) is 18.5 Å². The Morgan fingerprint density at radius 2 is 1.95 bits per heavy atom. The second-order valence-corrected chi connectivity index (χ2v) is 5.96. The Kier molecular flexibility index (Phi) is 2.92. The number of pyridine rings is 1. The fourth-order valence-corrected chi connectivity index (χ4v) is 2.49. The molecule has 0 unspecified atom stereocenters. The summed E-state index contributed by atoms with van der Waals surface area (Å²) in [7, 11) is 0. The standard InChI is InChI=1S/C15H18N4O2/c1-15(5-6-15)14-17-13(18-21-14)11-3-2-4-12(16-11)19-7-9-20-10-8-19/h2-4H,5-10H2,1H3. The van der Waals surface area contributed by atoms with Gasteiger partial charge in [0.05, 0.1) is 13.2 Å². The molecule has 6 heteroatoms. The summed E-state index contributed by atoms with van der Waals surface area (Å²) in [5, 5.41) is 4.09. The van der Waals surface area contributed by atoms with Gasteiger partial charge in [-0.05, 0) is 25.0 Å². The van der Waals surface area contributed by atoms with Crippen LogP contribution >= 0.6 is 0 Å². The first kappa shape index (κ1) is 12.8. The summed E-state index contributed by atoms with van der Waals surface area (Å²) in [6, 6.07) is 5.92. The fraction of sp³-hybridized carbons (Fsp3) is 0.533. The summed E-state index contributed by atoms with van der Waals surface area (Å²) < 4.78 is 10.8. The van der Waals surface area contributed by atoms with E-state index in [1.807, 2.05) is 18.2 Å². The van der Waals surface area contributed by atoms with Crippen molar-refractivity contribution in [1.82, 2.24) is 15.1 Å². The molecule has 0 N–H and O–H groups in total. The zero-order chi connectivity index (χ0) is 14.3. The average Bonchev–Trinajstić information content (AvgIpc) is 3.10. The van der Waals surface area contributed by atoms with Gasteiger partial charge in [-0.2, -0.15) is 4.98 Å². The van der Waals surface area contributed by atoms with Crippen molar-refractivity contribution in [3.63, 3.8) is 0 Å². The summed E-state index contributed by atoms with van der Waals surface area (Å²) >= 11 is 0. The zero-order valence-corrected chi connectivity index (χ0v) is 12.1. The van der Waals surface area contributed by atoms with Gasteiger partial charge in [-0.3, -0.25) is 0 Å². The van der Waals surface area contributed by atoms with Gasteiger partial charge in [-0.1, -0.05) is 18.1 Å². The Morgan fingerprint density at radius 3 is 2.71 bits per heavy atom. The fourth-order valence-electron chi connectivity index (χ4n) is 2.49. The third-order valence-corrected chi connectivity index (χ3v) is 4.24. The van der Waals surface area contributed by atoms with Crippen molar-refractivity contribution in [3.8, 4) is 11.5 Å². The number of hydrogen-bond acceptors (Lipinski definition) is 6. The first-order valence-corrected chi connectivity index (χ1v) is 7.39. The van der Waals surface area contributed by atoms with Gasteiger partial charge in [0.15, 0.2) is 0 Å². The summed E-state index contributed by atoms with van der Waals surface area (Å²) in [5.41, 5.74) is 0.853. The van der Waals surface area contributed by atoms with Crippen molar-refractivity contribution in [2.24, 2.45) is 0 Å². The van der Waals surface area contributed by atoms with Crippen LogP contribution in [0.4, 0.5) is 5.82 Å². The largest absolute Gasteiger partial charge is 0.378 e. The molecule has 0 aromatic carbocycles. The van der Waals surface area contributed by atoms with Crippen molar-refractivity contribution in [2.75, 3.05) is 31.2 Å². The minimum Gasteiger partial charge on any atom is -0.378 e. The van der Waals surface area contributed by atoms with Crippen LogP contribution in [-0.2, 0) is 10.2 Å². The lowest BCUT2D eigenvalue weighted by Gasteiger charge is -2.27. The van der Waals surface area contributed by atoms with Gasteiger partial charge in [-0.25, -0.2) is 4.98 Å². The van der Waals surface area contributed by atoms with Gasteiger partial charge in [0.2, 0.25) is 11.7 Å². The van der Waals surface area contributed by atoms with Crippen molar-refractivity contribution < 1.29 is 9.26 Å². The first-order valence-electron chi connectivity index (χ1n) is 7.39. The van der Waals surface area contributed by atoms with Crippen LogP contribution in [0, 0.1) is 0 Å². The molecular formula is C15H18N4O2. The predicted molar refractivity (Wildman–Crippen MR) is 77.1 cm³/mol. The van der Waals surface area contributed by atoms with Gasteiger partial charge < -0.3 is 14.2 Å². The third-order valence-electron chi connectivity index (χ3n) is 4.24. The molecule has 3 heterocycles. The molecule has 1 saturated heterocycles. The number of anilines is 1. The SMILES string of the molecule is CC1(c2nc(-c3cccc(N4CCOCC4)n3)no2)CC1. The minimum absolute atomic E-state index is 0.0903. The maximum absolute atomic E-state index is 5.40.